The maximum absolute atomic E-state index is 12.5. The number of hydrogen-bond donors (Lipinski definition) is 2. The van der Waals surface area contributed by atoms with E-state index in [1.807, 2.05) is 18.2 Å². The molecule has 0 aliphatic heterocycles. The van der Waals surface area contributed by atoms with Gasteiger partial charge in [-0.15, -0.1) is 0 Å². The molecule has 5 nitrogen and oxygen atoms in total. The quantitative estimate of drug-likeness (QED) is 0.852. The Bertz CT molecular complexity index is 699. The molecule has 0 amide bonds. The number of nitrogens with one attached hydrogen (secondary N) is 2. The van der Waals surface area contributed by atoms with Crippen molar-refractivity contribution in [1.82, 2.24) is 10.0 Å². The van der Waals surface area contributed by atoms with E-state index >= 15 is 0 Å². The molecule has 6 heteroatoms. The first-order chi connectivity index (χ1) is 11.1. The lowest BCUT2D eigenvalue weighted by Gasteiger charge is -2.32. The van der Waals surface area contributed by atoms with Crippen molar-refractivity contribution >= 4 is 10.0 Å². The van der Waals surface area contributed by atoms with Crippen molar-refractivity contribution in [3.8, 4) is 0 Å². The summed E-state index contributed by atoms with van der Waals surface area (Å²) < 4.78 is 33.2. The highest BCUT2D eigenvalue weighted by molar-refractivity contribution is 7.89. The molecule has 1 aromatic carbocycles. The van der Waals surface area contributed by atoms with Crippen LogP contribution in [0.4, 0.5) is 0 Å². The van der Waals surface area contributed by atoms with Gasteiger partial charge in [-0.25, -0.2) is 13.1 Å². The number of rotatable bonds is 6. The highest BCUT2D eigenvalue weighted by Crippen LogP contribution is 2.21. The molecule has 0 unspecified atom stereocenters. The van der Waals surface area contributed by atoms with E-state index in [0.717, 1.165) is 31.4 Å². The number of benzene rings is 1. The smallest absolute Gasteiger partial charge is 0.240 e. The summed E-state index contributed by atoms with van der Waals surface area (Å²) in [7, 11) is -3.48. The van der Waals surface area contributed by atoms with Crippen molar-refractivity contribution in [2.45, 2.75) is 49.2 Å². The van der Waals surface area contributed by atoms with Gasteiger partial charge in [0.2, 0.25) is 10.0 Å². The van der Waals surface area contributed by atoms with Gasteiger partial charge in [0.25, 0.3) is 0 Å². The van der Waals surface area contributed by atoms with Gasteiger partial charge in [0.15, 0.2) is 0 Å². The topological polar surface area (TPSA) is 71.3 Å². The molecule has 1 aliphatic rings. The average Bonchev–Trinajstić information content (AvgIpc) is 3.08. The number of furan rings is 1. The van der Waals surface area contributed by atoms with E-state index in [0.29, 0.717) is 11.4 Å². The third kappa shape index (κ3) is 4.22. The summed E-state index contributed by atoms with van der Waals surface area (Å²) in [5.41, 5.74) is 0. The van der Waals surface area contributed by atoms with Crippen LogP contribution in [-0.2, 0) is 16.6 Å². The molecule has 1 heterocycles. The second-order valence-corrected chi connectivity index (χ2v) is 7.61. The highest BCUT2D eigenvalue weighted by atomic mass is 32.2. The molecule has 0 spiro atoms. The van der Waals surface area contributed by atoms with Crippen molar-refractivity contribution < 1.29 is 12.8 Å². The molecular weight excluding hydrogens is 312 g/mol. The van der Waals surface area contributed by atoms with Crippen molar-refractivity contribution in [3.05, 3.63) is 54.5 Å². The normalized spacial score (nSPS) is 22.1. The summed E-state index contributed by atoms with van der Waals surface area (Å²) in [6.45, 7) is 0.612. The van der Waals surface area contributed by atoms with E-state index in [-0.39, 0.29) is 12.1 Å². The minimum Gasteiger partial charge on any atom is -0.468 e. The van der Waals surface area contributed by atoms with Crippen LogP contribution in [-0.4, -0.2) is 20.5 Å². The molecule has 3 rings (SSSR count). The standard InChI is InChI=1S/C17H22N2O3S/c20-23(21,15-8-2-1-3-9-15)19-17-11-5-4-10-16(17)18-13-14-7-6-12-22-14/h1-3,6-9,12,16-19H,4-5,10-11,13H2/t16-,17+/m0/s1. The van der Waals surface area contributed by atoms with Crippen LogP contribution in [0.1, 0.15) is 31.4 Å². The molecule has 1 fully saturated rings. The van der Waals surface area contributed by atoms with Gasteiger partial charge < -0.3 is 9.73 Å². The Labute approximate surface area is 137 Å². The summed E-state index contributed by atoms with van der Waals surface area (Å²) in [5.74, 6) is 0.861. The lowest BCUT2D eigenvalue weighted by Crippen LogP contribution is -2.51. The predicted molar refractivity (Wildman–Crippen MR) is 88.4 cm³/mol. The summed E-state index contributed by atoms with van der Waals surface area (Å²) in [5, 5.41) is 3.43. The largest absolute Gasteiger partial charge is 0.468 e. The van der Waals surface area contributed by atoms with Crippen molar-refractivity contribution in [2.75, 3.05) is 0 Å². The minimum absolute atomic E-state index is 0.0936. The maximum Gasteiger partial charge on any atom is 0.240 e. The zero-order valence-corrected chi connectivity index (χ0v) is 13.8. The van der Waals surface area contributed by atoms with Gasteiger partial charge in [-0.1, -0.05) is 31.0 Å². The van der Waals surface area contributed by atoms with E-state index in [2.05, 4.69) is 10.0 Å². The molecule has 1 aromatic heterocycles. The van der Waals surface area contributed by atoms with E-state index in [9.17, 15) is 8.42 Å². The first-order valence-electron chi connectivity index (χ1n) is 7.98. The van der Waals surface area contributed by atoms with Gasteiger partial charge in [0.05, 0.1) is 17.7 Å². The van der Waals surface area contributed by atoms with E-state index in [1.165, 1.54) is 0 Å². The SMILES string of the molecule is O=S(=O)(N[C@@H]1CCCC[C@@H]1NCc1ccco1)c1ccccc1. The van der Waals surface area contributed by atoms with Crippen LogP contribution < -0.4 is 10.0 Å². The Kier molecular flexibility index (Phi) is 5.15. The first-order valence-corrected chi connectivity index (χ1v) is 9.46. The Hall–Kier alpha value is -1.63. The van der Waals surface area contributed by atoms with Crippen LogP contribution in [0.2, 0.25) is 0 Å². The molecule has 0 saturated heterocycles. The van der Waals surface area contributed by atoms with Gasteiger partial charge in [-0.05, 0) is 37.1 Å². The minimum atomic E-state index is -3.48. The molecule has 2 aromatic rings. The van der Waals surface area contributed by atoms with Crippen molar-refractivity contribution in [1.29, 1.82) is 0 Å². The Balaban J connectivity index is 1.66. The first kappa shape index (κ1) is 16.2. The van der Waals surface area contributed by atoms with Crippen LogP contribution in [0.25, 0.3) is 0 Å². The van der Waals surface area contributed by atoms with Crippen molar-refractivity contribution in [2.24, 2.45) is 0 Å². The molecule has 2 N–H and O–H groups in total. The molecular formula is C17H22N2O3S. The van der Waals surface area contributed by atoms with Crippen LogP contribution >= 0.6 is 0 Å². The fraction of sp³-hybridized carbons (Fsp3) is 0.412. The lowest BCUT2D eigenvalue weighted by atomic mass is 9.91. The molecule has 1 aliphatic carbocycles. The second-order valence-electron chi connectivity index (χ2n) is 5.89. The van der Waals surface area contributed by atoms with Gasteiger partial charge >= 0.3 is 0 Å². The van der Waals surface area contributed by atoms with Crippen LogP contribution in [0, 0.1) is 0 Å². The third-order valence-electron chi connectivity index (χ3n) is 4.24. The molecule has 23 heavy (non-hydrogen) atoms. The molecule has 1 saturated carbocycles. The second kappa shape index (κ2) is 7.29. The molecule has 0 bridgehead atoms. The monoisotopic (exact) mass is 334 g/mol. The molecule has 124 valence electrons. The van der Waals surface area contributed by atoms with E-state index in [1.54, 1.807) is 30.5 Å². The van der Waals surface area contributed by atoms with Crippen LogP contribution in [0.5, 0.6) is 0 Å². The Morgan fingerprint density at radius 1 is 1.00 bits per heavy atom. The van der Waals surface area contributed by atoms with Gasteiger partial charge in [-0.2, -0.15) is 0 Å². The van der Waals surface area contributed by atoms with Gasteiger partial charge in [-0.3, -0.25) is 0 Å². The fourth-order valence-electron chi connectivity index (χ4n) is 3.03. The number of hydrogen-bond acceptors (Lipinski definition) is 4. The van der Waals surface area contributed by atoms with Crippen LogP contribution in [0.15, 0.2) is 58.0 Å². The summed E-state index contributed by atoms with van der Waals surface area (Å²) in [4.78, 5) is 0.315. The van der Waals surface area contributed by atoms with E-state index < -0.39 is 10.0 Å². The highest BCUT2D eigenvalue weighted by Gasteiger charge is 2.29. The molecule has 0 radical (unpaired) electrons. The average molecular weight is 334 g/mol. The number of sulfonamides is 1. The lowest BCUT2D eigenvalue weighted by molar-refractivity contribution is 0.301. The predicted octanol–water partition coefficient (Wildman–Crippen LogP) is 2.66. The summed E-state index contributed by atoms with van der Waals surface area (Å²) in [6, 6.07) is 12.3. The van der Waals surface area contributed by atoms with Gasteiger partial charge in [0.1, 0.15) is 5.76 Å². The fourth-order valence-corrected chi connectivity index (χ4v) is 4.36. The van der Waals surface area contributed by atoms with Gasteiger partial charge in [0, 0.05) is 12.1 Å². The zero-order valence-electron chi connectivity index (χ0n) is 12.9. The Morgan fingerprint density at radius 3 is 2.43 bits per heavy atom. The van der Waals surface area contributed by atoms with E-state index in [4.69, 9.17) is 4.42 Å². The maximum atomic E-state index is 12.5. The Morgan fingerprint density at radius 2 is 1.74 bits per heavy atom. The van der Waals surface area contributed by atoms with Crippen LogP contribution in [0.3, 0.4) is 0 Å². The summed E-state index contributed by atoms with van der Waals surface area (Å²) >= 11 is 0. The summed E-state index contributed by atoms with van der Waals surface area (Å²) in [6.07, 6.45) is 5.61. The third-order valence-corrected chi connectivity index (χ3v) is 5.75. The van der Waals surface area contributed by atoms with Crippen molar-refractivity contribution in [3.63, 3.8) is 0 Å². The molecule has 2 atom stereocenters. The zero-order chi connectivity index (χ0) is 16.1.